The molecule has 6 aromatic rings. The number of carbonyl (C=O) groups excluding carboxylic acids is 2. The Morgan fingerprint density at radius 1 is 0.514 bits per heavy atom. The predicted octanol–water partition coefficient (Wildman–Crippen LogP) is 7.88. The summed E-state index contributed by atoms with van der Waals surface area (Å²) in [6.45, 7) is 0. The van der Waals surface area contributed by atoms with Gasteiger partial charge in [0.15, 0.2) is 0 Å². The Morgan fingerprint density at radius 3 is 1.27 bits per heavy atom. The van der Waals surface area contributed by atoms with Crippen molar-refractivity contribution in [2.24, 2.45) is 0 Å². The third kappa shape index (κ3) is 3.80. The van der Waals surface area contributed by atoms with E-state index in [9.17, 15) is 9.59 Å². The van der Waals surface area contributed by atoms with Crippen LogP contribution < -0.4 is 0 Å². The number of aromatic nitrogens is 2. The molecule has 0 N–H and O–H groups in total. The number of para-hydroxylation sites is 4. The van der Waals surface area contributed by atoms with Gasteiger partial charge in [-0.25, -0.2) is 9.59 Å². The number of benzene rings is 4. The average molecular weight is 525 g/mol. The van der Waals surface area contributed by atoms with Crippen molar-refractivity contribution in [3.8, 4) is 11.4 Å². The van der Waals surface area contributed by atoms with Gasteiger partial charge in [0.25, 0.3) is 0 Å². The zero-order chi connectivity index (χ0) is 25.5. The maximum absolute atomic E-state index is 13.4. The Labute approximate surface area is 222 Å². The maximum atomic E-state index is 13.4. The van der Waals surface area contributed by atoms with E-state index in [0.717, 1.165) is 22.4 Å². The lowest BCUT2D eigenvalue weighted by molar-refractivity contribution is 0.0401. The molecule has 0 spiro atoms. The number of nitrogens with zero attached hydrogens (tertiary/aromatic N) is 2. The minimum atomic E-state index is -0.853. The highest BCUT2D eigenvalue weighted by Gasteiger charge is 2.29. The van der Waals surface area contributed by atoms with Crippen LogP contribution in [0.3, 0.4) is 0 Å². The Kier molecular flexibility index (Phi) is 5.80. The van der Waals surface area contributed by atoms with Crippen LogP contribution in [0.15, 0.2) is 109 Å². The predicted molar refractivity (Wildman–Crippen MR) is 146 cm³/mol. The van der Waals surface area contributed by atoms with Crippen LogP contribution in [0.1, 0.15) is 20.7 Å². The van der Waals surface area contributed by atoms with Crippen LogP contribution in [0.5, 0.6) is 0 Å². The molecule has 4 aromatic carbocycles. The van der Waals surface area contributed by atoms with Crippen molar-refractivity contribution in [2.75, 3.05) is 0 Å². The largest absolute Gasteiger partial charge is 0.385 e. The fraction of sp³-hybridized carbons (Fsp3) is 0. The van der Waals surface area contributed by atoms with Crippen molar-refractivity contribution in [1.29, 1.82) is 0 Å². The van der Waals surface area contributed by atoms with Crippen LogP contribution in [-0.2, 0) is 4.74 Å². The van der Waals surface area contributed by atoms with Gasteiger partial charge in [-0.1, -0.05) is 96.0 Å². The SMILES string of the molecule is O=C(OC(=O)c1c(Cl)n(-c2ccccc2)c2ccccc12)c1c(Cl)n(-c2ccccc2)c2ccccc12. The van der Waals surface area contributed by atoms with Crippen molar-refractivity contribution in [1.82, 2.24) is 9.13 Å². The first-order valence-electron chi connectivity index (χ1n) is 11.5. The number of carbonyl (C=O) groups is 2. The quantitative estimate of drug-likeness (QED) is 0.174. The zero-order valence-electron chi connectivity index (χ0n) is 19.3. The van der Waals surface area contributed by atoms with Crippen LogP contribution in [0.4, 0.5) is 0 Å². The molecule has 6 rings (SSSR count). The summed E-state index contributed by atoms with van der Waals surface area (Å²) >= 11 is 13.5. The number of rotatable bonds is 4. The summed E-state index contributed by atoms with van der Waals surface area (Å²) in [5.74, 6) is -1.71. The molecule has 0 saturated carbocycles. The molecule has 0 fully saturated rings. The Morgan fingerprint density at radius 2 is 0.865 bits per heavy atom. The van der Waals surface area contributed by atoms with Gasteiger partial charge in [-0.15, -0.1) is 0 Å². The fourth-order valence-corrected chi connectivity index (χ4v) is 5.39. The summed E-state index contributed by atoms with van der Waals surface area (Å²) in [4.78, 5) is 26.9. The molecule has 5 nitrogen and oxygen atoms in total. The fourth-order valence-electron chi connectivity index (χ4n) is 4.65. The van der Waals surface area contributed by atoms with Crippen LogP contribution >= 0.6 is 23.2 Å². The average Bonchev–Trinajstić information content (AvgIpc) is 3.39. The molecule has 7 heteroatoms. The summed E-state index contributed by atoms with van der Waals surface area (Å²) in [7, 11) is 0. The van der Waals surface area contributed by atoms with Crippen LogP contribution in [-0.4, -0.2) is 21.1 Å². The van der Waals surface area contributed by atoms with E-state index < -0.39 is 11.9 Å². The third-order valence-corrected chi connectivity index (χ3v) is 6.97. The Balaban J connectivity index is 1.44. The highest BCUT2D eigenvalue weighted by Crippen LogP contribution is 2.36. The van der Waals surface area contributed by atoms with Gasteiger partial charge in [-0.2, -0.15) is 0 Å². The lowest BCUT2D eigenvalue weighted by Gasteiger charge is -2.07. The standard InChI is InChI=1S/C30H18Cl2N2O3/c31-27-25(21-15-7-9-17-23(21)33(27)19-11-3-1-4-12-19)29(35)37-30(36)26-22-16-8-10-18-24(22)34(28(26)32)20-13-5-2-6-14-20/h1-18H. The van der Waals surface area contributed by atoms with Crippen molar-refractivity contribution in [3.05, 3.63) is 131 Å². The minimum Gasteiger partial charge on any atom is -0.385 e. The zero-order valence-corrected chi connectivity index (χ0v) is 20.8. The topological polar surface area (TPSA) is 53.2 Å². The van der Waals surface area contributed by atoms with E-state index in [4.69, 9.17) is 27.9 Å². The molecule has 0 aliphatic heterocycles. The van der Waals surface area contributed by atoms with E-state index in [1.165, 1.54) is 0 Å². The second kappa shape index (κ2) is 9.28. The number of esters is 2. The summed E-state index contributed by atoms with van der Waals surface area (Å²) < 4.78 is 8.94. The molecule has 0 radical (unpaired) electrons. The maximum Gasteiger partial charge on any atom is 0.349 e. The van der Waals surface area contributed by atoms with Crippen molar-refractivity contribution in [2.45, 2.75) is 0 Å². The van der Waals surface area contributed by atoms with Crippen molar-refractivity contribution >= 4 is 56.9 Å². The summed E-state index contributed by atoms with van der Waals surface area (Å²) in [5.41, 5.74) is 3.22. The van der Waals surface area contributed by atoms with Gasteiger partial charge in [-0.05, 0) is 36.4 Å². The second-order valence-electron chi connectivity index (χ2n) is 8.38. The summed E-state index contributed by atoms with van der Waals surface area (Å²) in [5, 5.41) is 1.46. The van der Waals surface area contributed by atoms with E-state index in [-0.39, 0.29) is 21.4 Å². The minimum absolute atomic E-state index is 0.109. The highest BCUT2D eigenvalue weighted by molar-refractivity contribution is 6.37. The van der Waals surface area contributed by atoms with Crippen LogP contribution in [0, 0.1) is 0 Å². The molecule has 0 unspecified atom stereocenters. The molecule has 37 heavy (non-hydrogen) atoms. The first-order chi connectivity index (χ1) is 18.1. The monoisotopic (exact) mass is 524 g/mol. The van der Waals surface area contributed by atoms with E-state index in [2.05, 4.69) is 0 Å². The Bertz CT molecular complexity index is 1670. The summed E-state index contributed by atoms with van der Waals surface area (Å²) in [6.07, 6.45) is 0. The van der Waals surface area contributed by atoms with Crippen molar-refractivity contribution < 1.29 is 14.3 Å². The lowest BCUT2D eigenvalue weighted by Crippen LogP contribution is -2.13. The molecule has 2 aromatic heterocycles. The first-order valence-corrected chi connectivity index (χ1v) is 12.3. The van der Waals surface area contributed by atoms with Gasteiger partial charge in [-0.3, -0.25) is 9.13 Å². The number of fused-ring (bicyclic) bond motifs is 2. The van der Waals surface area contributed by atoms with E-state index in [1.807, 2.05) is 84.9 Å². The van der Waals surface area contributed by atoms with E-state index >= 15 is 0 Å². The van der Waals surface area contributed by atoms with Gasteiger partial charge in [0.05, 0.1) is 11.0 Å². The van der Waals surface area contributed by atoms with Gasteiger partial charge < -0.3 is 4.74 Å². The van der Waals surface area contributed by atoms with Crippen molar-refractivity contribution in [3.63, 3.8) is 0 Å². The Hall–Kier alpha value is -4.32. The van der Waals surface area contributed by atoms with E-state index in [0.29, 0.717) is 10.8 Å². The number of hydrogen-bond donors (Lipinski definition) is 0. The highest BCUT2D eigenvalue weighted by atomic mass is 35.5. The summed E-state index contributed by atoms with van der Waals surface area (Å²) in [6, 6.07) is 33.4. The van der Waals surface area contributed by atoms with Gasteiger partial charge in [0, 0.05) is 22.1 Å². The first kappa shape index (κ1) is 23.1. The molecule has 180 valence electrons. The molecule has 0 aliphatic rings. The van der Waals surface area contributed by atoms with Crippen LogP contribution in [0.2, 0.25) is 10.3 Å². The third-order valence-electron chi connectivity index (χ3n) is 6.26. The number of ether oxygens (including phenoxy) is 1. The molecular weight excluding hydrogens is 507 g/mol. The molecule has 2 heterocycles. The van der Waals surface area contributed by atoms with Gasteiger partial charge in [0.2, 0.25) is 0 Å². The molecule has 0 saturated heterocycles. The number of halogens is 2. The molecule has 0 aliphatic carbocycles. The van der Waals surface area contributed by atoms with Crippen LogP contribution in [0.25, 0.3) is 33.2 Å². The molecule has 0 amide bonds. The lowest BCUT2D eigenvalue weighted by atomic mass is 10.1. The van der Waals surface area contributed by atoms with Gasteiger partial charge >= 0.3 is 11.9 Å². The normalized spacial score (nSPS) is 11.2. The van der Waals surface area contributed by atoms with E-state index in [1.54, 1.807) is 33.4 Å². The molecule has 0 bridgehead atoms. The smallest absolute Gasteiger partial charge is 0.349 e. The second-order valence-corrected chi connectivity index (χ2v) is 9.10. The molecular formula is C30H18Cl2N2O3. The number of hydrogen-bond acceptors (Lipinski definition) is 3. The van der Waals surface area contributed by atoms with Gasteiger partial charge in [0.1, 0.15) is 21.4 Å². The molecule has 0 atom stereocenters.